The first-order valence-corrected chi connectivity index (χ1v) is 11.2. The largest absolute Gasteiger partial charge is 0.367 e. The number of hydrogen-bond acceptors (Lipinski definition) is 4. The molecule has 1 aromatic carbocycles. The third kappa shape index (κ3) is 6.27. The van der Waals surface area contributed by atoms with E-state index in [2.05, 4.69) is 15.5 Å². The van der Waals surface area contributed by atoms with Gasteiger partial charge in [0, 0.05) is 26.2 Å². The van der Waals surface area contributed by atoms with E-state index in [1.807, 2.05) is 31.4 Å². The van der Waals surface area contributed by atoms with Crippen LogP contribution >= 0.6 is 11.3 Å². The zero-order valence-corrected chi connectivity index (χ0v) is 18.3. The third-order valence-electron chi connectivity index (χ3n) is 4.76. The van der Waals surface area contributed by atoms with Crippen LogP contribution in [0.25, 0.3) is 0 Å². The van der Waals surface area contributed by atoms with Crippen LogP contribution in [-0.2, 0) is 4.74 Å². The van der Waals surface area contributed by atoms with E-state index in [0.29, 0.717) is 19.6 Å². The Morgan fingerprint density at radius 1 is 1.27 bits per heavy atom. The number of halogens is 1. The van der Waals surface area contributed by atoms with Gasteiger partial charge in [-0.3, -0.25) is 9.79 Å². The molecule has 8 heteroatoms. The van der Waals surface area contributed by atoms with Crippen LogP contribution in [0, 0.1) is 5.82 Å². The number of carbonyl (C=O) groups is 1. The molecule has 0 aliphatic carbocycles. The number of amides is 1. The van der Waals surface area contributed by atoms with E-state index in [0.717, 1.165) is 35.9 Å². The van der Waals surface area contributed by atoms with Gasteiger partial charge in [-0.25, -0.2) is 4.39 Å². The maximum absolute atomic E-state index is 13.3. The number of carbonyl (C=O) groups excluding carboxylic acids is 1. The van der Waals surface area contributed by atoms with Gasteiger partial charge in [-0.1, -0.05) is 18.2 Å². The highest BCUT2D eigenvalue weighted by molar-refractivity contribution is 7.12. The number of aliphatic imine (C=N–C) groups is 1. The summed E-state index contributed by atoms with van der Waals surface area (Å²) in [4.78, 5) is 19.6. The number of ether oxygens (including phenoxy) is 1. The van der Waals surface area contributed by atoms with Crippen molar-refractivity contribution >= 4 is 23.2 Å². The Hall–Kier alpha value is -2.45. The lowest BCUT2D eigenvalue weighted by atomic mass is 10.1. The van der Waals surface area contributed by atoms with Crippen molar-refractivity contribution in [3.05, 3.63) is 58.0 Å². The van der Waals surface area contributed by atoms with Crippen LogP contribution in [0.4, 0.5) is 4.39 Å². The van der Waals surface area contributed by atoms with Crippen molar-refractivity contribution in [2.75, 3.05) is 32.7 Å². The molecule has 6 nitrogen and oxygen atoms in total. The number of hydrogen-bond donors (Lipinski definition) is 2. The lowest BCUT2D eigenvalue weighted by Gasteiger charge is -2.38. The van der Waals surface area contributed by atoms with Gasteiger partial charge in [-0.15, -0.1) is 11.3 Å². The molecule has 2 atom stereocenters. The van der Waals surface area contributed by atoms with Gasteiger partial charge in [0.25, 0.3) is 5.91 Å². The summed E-state index contributed by atoms with van der Waals surface area (Å²) in [7, 11) is 0. The molecule has 162 valence electrons. The van der Waals surface area contributed by atoms with Gasteiger partial charge in [0.15, 0.2) is 5.96 Å². The van der Waals surface area contributed by atoms with Crippen LogP contribution in [0.1, 0.15) is 41.6 Å². The number of nitrogens with zero attached hydrogens (tertiary/aromatic N) is 2. The monoisotopic (exact) mass is 432 g/mol. The van der Waals surface area contributed by atoms with E-state index in [4.69, 9.17) is 9.73 Å². The molecule has 1 aliphatic rings. The SMILES string of the molecule is CCNC(=NCCCNC(=O)c1cccs1)N1CC(C)OC(c2ccc(F)cc2)C1. The first-order chi connectivity index (χ1) is 14.6. The fraction of sp³-hybridized carbons (Fsp3) is 0.455. The van der Waals surface area contributed by atoms with Crippen LogP contribution in [0.15, 0.2) is 46.8 Å². The molecule has 1 aliphatic heterocycles. The molecule has 0 saturated carbocycles. The van der Waals surface area contributed by atoms with Crippen LogP contribution in [0.2, 0.25) is 0 Å². The van der Waals surface area contributed by atoms with Crippen molar-refractivity contribution < 1.29 is 13.9 Å². The van der Waals surface area contributed by atoms with Crippen molar-refractivity contribution in [3.8, 4) is 0 Å². The van der Waals surface area contributed by atoms with Gasteiger partial charge in [-0.2, -0.15) is 0 Å². The normalized spacial score (nSPS) is 19.6. The average molecular weight is 433 g/mol. The van der Waals surface area contributed by atoms with E-state index < -0.39 is 0 Å². The summed E-state index contributed by atoms with van der Waals surface area (Å²) in [5.41, 5.74) is 0.958. The smallest absolute Gasteiger partial charge is 0.261 e. The molecule has 1 amide bonds. The Balaban J connectivity index is 1.55. The van der Waals surface area contributed by atoms with E-state index in [1.165, 1.54) is 23.5 Å². The summed E-state index contributed by atoms with van der Waals surface area (Å²) >= 11 is 1.44. The van der Waals surface area contributed by atoms with E-state index in [9.17, 15) is 9.18 Å². The first-order valence-electron chi connectivity index (χ1n) is 10.3. The molecule has 1 saturated heterocycles. The van der Waals surface area contributed by atoms with E-state index in [-0.39, 0.29) is 23.9 Å². The average Bonchev–Trinajstić information content (AvgIpc) is 3.28. The quantitative estimate of drug-likeness (QED) is 0.400. The predicted octanol–water partition coefficient (Wildman–Crippen LogP) is 3.43. The standard InChI is InChI=1S/C22H29FN4O2S/c1-3-24-22(26-12-5-11-25-21(28)20-6-4-13-30-20)27-14-16(2)29-19(15-27)17-7-9-18(23)10-8-17/h4,6-10,13,16,19H,3,5,11-12,14-15H2,1-2H3,(H,24,26)(H,25,28). The predicted molar refractivity (Wildman–Crippen MR) is 119 cm³/mol. The second kappa shape index (κ2) is 11.1. The lowest BCUT2D eigenvalue weighted by Crippen LogP contribution is -2.50. The minimum atomic E-state index is -0.250. The molecule has 2 heterocycles. The highest BCUT2D eigenvalue weighted by Gasteiger charge is 2.28. The van der Waals surface area contributed by atoms with E-state index in [1.54, 1.807) is 12.1 Å². The van der Waals surface area contributed by atoms with Crippen LogP contribution in [-0.4, -0.2) is 55.6 Å². The van der Waals surface area contributed by atoms with Crippen LogP contribution in [0.3, 0.4) is 0 Å². The molecule has 2 aromatic rings. The zero-order valence-electron chi connectivity index (χ0n) is 17.4. The fourth-order valence-corrected chi connectivity index (χ4v) is 4.01. The summed E-state index contributed by atoms with van der Waals surface area (Å²) in [5.74, 6) is 0.551. The number of benzene rings is 1. The van der Waals surface area contributed by atoms with E-state index >= 15 is 0 Å². The Bertz CT molecular complexity index is 826. The summed E-state index contributed by atoms with van der Waals surface area (Å²) < 4.78 is 19.3. The number of thiophene rings is 1. The molecule has 3 rings (SSSR count). The van der Waals surface area contributed by atoms with Crippen molar-refractivity contribution in [2.24, 2.45) is 4.99 Å². The Morgan fingerprint density at radius 2 is 2.07 bits per heavy atom. The van der Waals surface area contributed by atoms with Gasteiger partial charge >= 0.3 is 0 Å². The van der Waals surface area contributed by atoms with Gasteiger partial charge in [0.05, 0.1) is 17.5 Å². The van der Waals surface area contributed by atoms with Crippen LogP contribution in [0.5, 0.6) is 0 Å². The molecule has 2 N–H and O–H groups in total. The maximum Gasteiger partial charge on any atom is 0.261 e. The lowest BCUT2D eigenvalue weighted by molar-refractivity contribution is -0.0605. The van der Waals surface area contributed by atoms with Gasteiger partial charge < -0.3 is 20.3 Å². The highest BCUT2D eigenvalue weighted by atomic mass is 32.1. The molecule has 30 heavy (non-hydrogen) atoms. The minimum absolute atomic E-state index is 0.0303. The topological polar surface area (TPSA) is 66.0 Å². The molecule has 1 aromatic heterocycles. The summed E-state index contributed by atoms with van der Waals surface area (Å²) in [6, 6.07) is 10.2. The zero-order chi connectivity index (χ0) is 21.3. The molecule has 0 bridgehead atoms. The van der Waals surface area contributed by atoms with Gasteiger partial charge in [-0.05, 0) is 49.4 Å². The van der Waals surface area contributed by atoms with Crippen molar-refractivity contribution in [2.45, 2.75) is 32.5 Å². The molecule has 0 radical (unpaired) electrons. The minimum Gasteiger partial charge on any atom is -0.367 e. The molecule has 2 unspecified atom stereocenters. The summed E-state index contributed by atoms with van der Waals surface area (Å²) in [6.45, 7) is 7.41. The van der Waals surface area contributed by atoms with Gasteiger partial charge in [0.1, 0.15) is 11.9 Å². The fourth-order valence-electron chi connectivity index (χ4n) is 3.37. The molecular formula is C22H29FN4O2S. The second-order valence-electron chi connectivity index (χ2n) is 7.21. The van der Waals surface area contributed by atoms with Crippen LogP contribution < -0.4 is 10.6 Å². The summed E-state index contributed by atoms with van der Waals surface area (Å²) in [6.07, 6.45) is 0.652. The highest BCUT2D eigenvalue weighted by Crippen LogP contribution is 2.25. The third-order valence-corrected chi connectivity index (χ3v) is 5.63. The molecular weight excluding hydrogens is 403 g/mol. The first kappa shape index (κ1) is 22.2. The Labute approximate surface area is 181 Å². The van der Waals surface area contributed by atoms with Gasteiger partial charge in [0.2, 0.25) is 0 Å². The molecule has 1 fully saturated rings. The van der Waals surface area contributed by atoms with Crippen molar-refractivity contribution in [1.82, 2.24) is 15.5 Å². The Morgan fingerprint density at radius 3 is 2.77 bits per heavy atom. The summed E-state index contributed by atoms with van der Waals surface area (Å²) in [5, 5.41) is 8.17. The second-order valence-corrected chi connectivity index (χ2v) is 8.16. The Kier molecular flexibility index (Phi) is 8.21. The number of nitrogens with one attached hydrogen (secondary N) is 2. The van der Waals surface area contributed by atoms with Crippen molar-refractivity contribution in [3.63, 3.8) is 0 Å². The number of rotatable bonds is 7. The number of guanidine groups is 1. The number of morpholine rings is 1. The maximum atomic E-state index is 13.3. The van der Waals surface area contributed by atoms with Crippen molar-refractivity contribution in [1.29, 1.82) is 0 Å². The molecule has 0 spiro atoms.